The largest absolute Gasteiger partial charge is 0.297 e. The van der Waals surface area contributed by atoms with Gasteiger partial charge in [-0.3, -0.25) is 19.8 Å². The van der Waals surface area contributed by atoms with Gasteiger partial charge < -0.3 is 0 Å². The normalized spacial score (nSPS) is 28.6. The lowest BCUT2D eigenvalue weighted by molar-refractivity contribution is -0.140. The van der Waals surface area contributed by atoms with Crippen molar-refractivity contribution in [2.75, 3.05) is 6.54 Å². The van der Waals surface area contributed by atoms with Crippen molar-refractivity contribution in [2.45, 2.75) is 25.4 Å². The Morgan fingerprint density at radius 3 is 2.46 bits per heavy atom. The zero-order valence-corrected chi connectivity index (χ0v) is 7.32. The number of amides is 2. The molecule has 13 heavy (non-hydrogen) atoms. The topological polar surface area (TPSA) is 49.4 Å². The summed E-state index contributed by atoms with van der Waals surface area (Å²) in [7, 11) is 0. The van der Waals surface area contributed by atoms with Gasteiger partial charge in [0.15, 0.2) is 0 Å². The van der Waals surface area contributed by atoms with E-state index in [1.54, 1.807) is 0 Å². The van der Waals surface area contributed by atoms with Crippen LogP contribution in [0.5, 0.6) is 0 Å². The van der Waals surface area contributed by atoms with Crippen LogP contribution in [-0.4, -0.2) is 29.4 Å². The zero-order valence-electron chi connectivity index (χ0n) is 7.32. The van der Waals surface area contributed by atoms with Gasteiger partial charge in [0.05, 0.1) is 6.17 Å². The van der Waals surface area contributed by atoms with Crippen molar-refractivity contribution in [3.8, 4) is 0 Å². The lowest BCUT2D eigenvalue weighted by Gasteiger charge is -2.30. The smallest absolute Gasteiger partial charge is 0.254 e. The van der Waals surface area contributed by atoms with E-state index < -0.39 is 0 Å². The highest BCUT2D eigenvalue weighted by atomic mass is 16.2. The Hall–Kier alpha value is -1.16. The van der Waals surface area contributed by atoms with Gasteiger partial charge in [-0.25, -0.2) is 0 Å². The first-order chi connectivity index (χ1) is 6.29. The zero-order chi connectivity index (χ0) is 9.26. The van der Waals surface area contributed by atoms with E-state index in [-0.39, 0.29) is 18.0 Å². The molecule has 0 aromatic carbocycles. The second-order valence-corrected chi connectivity index (χ2v) is 3.35. The van der Waals surface area contributed by atoms with E-state index in [0.717, 1.165) is 25.8 Å². The van der Waals surface area contributed by atoms with Gasteiger partial charge in [0, 0.05) is 12.2 Å². The van der Waals surface area contributed by atoms with Crippen LogP contribution >= 0.6 is 0 Å². The van der Waals surface area contributed by atoms with Gasteiger partial charge in [0.25, 0.3) is 11.8 Å². The summed E-state index contributed by atoms with van der Waals surface area (Å²) in [6.07, 6.45) is 5.66. The number of rotatable bonds is 1. The Morgan fingerprint density at radius 2 is 1.92 bits per heavy atom. The highest BCUT2D eigenvalue weighted by Crippen LogP contribution is 2.15. The predicted octanol–water partition coefficient (Wildman–Crippen LogP) is 0.0110. The van der Waals surface area contributed by atoms with E-state index >= 15 is 0 Å². The number of imide groups is 1. The molecule has 2 aliphatic heterocycles. The Bertz CT molecular complexity index is 249. The molecule has 1 fully saturated rings. The minimum Gasteiger partial charge on any atom is -0.297 e. The average Bonchev–Trinajstić information content (AvgIpc) is 2.48. The molecule has 0 aromatic heterocycles. The first kappa shape index (κ1) is 8.44. The van der Waals surface area contributed by atoms with Gasteiger partial charge >= 0.3 is 0 Å². The SMILES string of the molecule is O=C1C=CC(=O)N1C1CCCCN1. The first-order valence-electron chi connectivity index (χ1n) is 4.57. The van der Waals surface area contributed by atoms with Gasteiger partial charge in [-0.05, 0) is 25.8 Å². The molecule has 0 aliphatic carbocycles. The van der Waals surface area contributed by atoms with Crippen molar-refractivity contribution in [2.24, 2.45) is 0 Å². The molecular weight excluding hydrogens is 168 g/mol. The molecule has 2 rings (SSSR count). The molecule has 2 heterocycles. The van der Waals surface area contributed by atoms with Crippen molar-refractivity contribution >= 4 is 11.8 Å². The van der Waals surface area contributed by atoms with E-state index in [0.29, 0.717) is 0 Å². The lowest BCUT2D eigenvalue weighted by atomic mass is 10.1. The molecule has 0 saturated carbocycles. The number of nitrogens with zero attached hydrogens (tertiary/aromatic N) is 1. The van der Waals surface area contributed by atoms with Crippen molar-refractivity contribution in [3.05, 3.63) is 12.2 Å². The molecule has 1 saturated heterocycles. The first-order valence-corrected chi connectivity index (χ1v) is 4.57. The summed E-state index contributed by atoms with van der Waals surface area (Å²) < 4.78 is 0. The second kappa shape index (κ2) is 3.30. The quantitative estimate of drug-likeness (QED) is 0.578. The van der Waals surface area contributed by atoms with Gasteiger partial charge in [-0.2, -0.15) is 0 Å². The van der Waals surface area contributed by atoms with Crippen LogP contribution in [-0.2, 0) is 9.59 Å². The molecule has 0 radical (unpaired) electrons. The van der Waals surface area contributed by atoms with Crippen LogP contribution in [0.3, 0.4) is 0 Å². The van der Waals surface area contributed by atoms with Gasteiger partial charge in [-0.15, -0.1) is 0 Å². The van der Waals surface area contributed by atoms with Gasteiger partial charge in [-0.1, -0.05) is 0 Å². The summed E-state index contributed by atoms with van der Waals surface area (Å²) >= 11 is 0. The van der Waals surface area contributed by atoms with E-state index in [9.17, 15) is 9.59 Å². The standard InChI is InChI=1S/C9H12N2O2/c12-8-4-5-9(13)11(8)7-3-1-2-6-10-7/h4-5,7,10H,1-3,6H2. The average molecular weight is 180 g/mol. The Balaban J connectivity index is 2.07. The molecule has 1 unspecified atom stereocenters. The van der Waals surface area contributed by atoms with Crippen LogP contribution in [0.25, 0.3) is 0 Å². The molecule has 0 aromatic rings. The molecule has 0 spiro atoms. The van der Waals surface area contributed by atoms with Crippen LogP contribution in [0.4, 0.5) is 0 Å². The van der Waals surface area contributed by atoms with Gasteiger partial charge in [0.1, 0.15) is 0 Å². The number of nitrogens with one attached hydrogen (secondary N) is 1. The summed E-state index contributed by atoms with van der Waals surface area (Å²) in [4.78, 5) is 23.8. The minimum atomic E-state index is -0.190. The number of carbonyl (C=O) groups is 2. The molecule has 1 atom stereocenters. The number of piperidine rings is 1. The molecule has 2 aliphatic rings. The van der Waals surface area contributed by atoms with Crippen molar-refractivity contribution < 1.29 is 9.59 Å². The van der Waals surface area contributed by atoms with Crippen LogP contribution in [0.1, 0.15) is 19.3 Å². The molecule has 70 valence electrons. The maximum Gasteiger partial charge on any atom is 0.254 e. The summed E-state index contributed by atoms with van der Waals surface area (Å²) in [6, 6.07) is 0. The minimum absolute atomic E-state index is 0.0799. The second-order valence-electron chi connectivity index (χ2n) is 3.35. The van der Waals surface area contributed by atoms with E-state index in [4.69, 9.17) is 0 Å². The highest BCUT2D eigenvalue weighted by molar-refractivity contribution is 6.13. The van der Waals surface area contributed by atoms with E-state index in [1.165, 1.54) is 17.1 Å². The molecular formula is C9H12N2O2. The Morgan fingerprint density at radius 1 is 1.23 bits per heavy atom. The monoisotopic (exact) mass is 180 g/mol. The Labute approximate surface area is 76.6 Å². The summed E-state index contributed by atoms with van der Waals surface area (Å²) in [5.74, 6) is -0.381. The maximum absolute atomic E-state index is 11.3. The van der Waals surface area contributed by atoms with E-state index in [1.807, 2.05) is 0 Å². The molecule has 4 nitrogen and oxygen atoms in total. The van der Waals surface area contributed by atoms with Crippen molar-refractivity contribution in [1.29, 1.82) is 0 Å². The summed E-state index contributed by atoms with van der Waals surface area (Å²) in [6.45, 7) is 0.891. The number of hydrogen-bond acceptors (Lipinski definition) is 3. The van der Waals surface area contributed by atoms with Crippen LogP contribution in [0.15, 0.2) is 12.2 Å². The summed E-state index contributed by atoms with van der Waals surface area (Å²) in [5, 5.41) is 3.17. The third-order valence-electron chi connectivity index (χ3n) is 2.44. The molecule has 2 amide bonds. The summed E-state index contributed by atoms with van der Waals surface area (Å²) in [5.41, 5.74) is 0. The molecule has 1 N–H and O–H groups in total. The highest BCUT2D eigenvalue weighted by Gasteiger charge is 2.31. The molecule has 4 heteroatoms. The van der Waals surface area contributed by atoms with Crippen LogP contribution in [0.2, 0.25) is 0 Å². The Kier molecular flexibility index (Phi) is 2.14. The third-order valence-corrected chi connectivity index (χ3v) is 2.44. The van der Waals surface area contributed by atoms with E-state index in [2.05, 4.69) is 5.32 Å². The number of carbonyl (C=O) groups excluding carboxylic acids is 2. The lowest BCUT2D eigenvalue weighted by Crippen LogP contribution is -2.50. The number of hydrogen-bond donors (Lipinski definition) is 1. The van der Waals surface area contributed by atoms with Crippen LogP contribution in [0, 0.1) is 0 Å². The van der Waals surface area contributed by atoms with Gasteiger partial charge in [0.2, 0.25) is 0 Å². The molecule has 0 bridgehead atoms. The fraction of sp³-hybridized carbons (Fsp3) is 0.556. The maximum atomic E-state index is 11.3. The fourth-order valence-corrected chi connectivity index (χ4v) is 1.77. The van der Waals surface area contributed by atoms with Crippen molar-refractivity contribution in [3.63, 3.8) is 0 Å². The fourth-order valence-electron chi connectivity index (χ4n) is 1.77. The van der Waals surface area contributed by atoms with Crippen LogP contribution < -0.4 is 5.32 Å². The predicted molar refractivity (Wildman–Crippen MR) is 46.6 cm³/mol. The van der Waals surface area contributed by atoms with Crippen molar-refractivity contribution in [1.82, 2.24) is 10.2 Å². The third kappa shape index (κ3) is 1.49.